The summed E-state index contributed by atoms with van der Waals surface area (Å²) in [7, 11) is 1.66. The van der Waals surface area contributed by atoms with Gasteiger partial charge in [-0.3, -0.25) is 4.79 Å². The lowest BCUT2D eigenvalue weighted by Crippen LogP contribution is -2.39. The van der Waals surface area contributed by atoms with Gasteiger partial charge in [0.2, 0.25) is 5.91 Å². The van der Waals surface area contributed by atoms with Crippen LogP contribution in [0.5, 0.6) is 0 Å². The number of rotatable bonds is 4. The van der Waals surface area contributed by atoms with Crippen molar-refractivity contribution in [2.24, 2.45) is 0 Å². The van der Waals surface area contributed by atoms with Gasteiger partial charge in [-0.15, -0.1) is 0 Å². The topological polar surface area (TPSA) is 63.2 Å². The first kappa shape index (κ1) is 11.9. The molecule has 0 bridgehead atoms. The summed E-state index contributed by atoms with van der Waals surface area (Å²) in [5, 5.41) is 6.03. The maximum Gasteiger partial charge on any atom is 0.247 e. The fraction of sp³-hybridized carbons (Fsp3) is 0.500. The molecular formula is C12H17N3O2. The van der Waals surface area contributed by atoms with E-state index in [0.29, 0.717) is 6.61 Å². The van der Waals surface area contributed by atoms with Crippen molar-refractivity contribution < 1.29 is 9.53 Å². The van der Waals surface area contributed by atoms with Gasteiger partial charge in [0.05, 0.1) is 5.69 Å². The normalized spacial score (nSPS) is 18.2. The van der Waals surface area contributed by atoms with Crippen LogP contribution in [0.4, 0.5) is 11.5 Å². The third kappa shape index (κ3) is 2.74. The predicted octanol–water partition coefficient (Wildman–Crippen LogP) is 1.55. The number of hydrogen-bond donors (Lipinski definition) is 2. The Bertz CT molecular complexity index is 420. The lowest BCUT2D eigenvalue weighted by molar-refractivity contribution is -0.117. The number of ether oxygens (including phenoxy) is 1. The molecule has 2 N–H and O–H groups in total. The van der Waals surface area contributed by atoms with Crippen molar-refractivity contribution >= 4 is 17.4 Å². The fourth-order valence-corrected chi connectivity index (χ4v) is 1.86. The Morgan fingerprint density at radius 2 is 2.35 bits per heavy atom. The number of aryl methyl sites for hydroxylation is 1. The molecule has 1 aromatic heterocycles. The minimum atomic E-state index is -0.215. The molecule has 0 saturated carbocycles. The van der Waals surface area contributed by atoms with Crippen molar-refractivity contribution in [3.05, 3.63) is 17.8 Å². The minimum absolute atomic E-state index is 0.000929. The smallest absolute Gasteiger partial charge is 0.247 e. The Kier molecular flexibility index (Phi) is 3.58. The van der Waals surface area contributed by atoms with Gasteiger partial charge in [0, 0.05) is 19.9 Å². The molecule has 1 aromatic rings. The molecule has 1 unspecified atom stereocenters. The summed E-state index contributed by atoms with van der Waals surface area (Å²) in [5.41, 5.74) is 1.79. The van der Waals surface area contributed by atoms with E-state index in [4.69, 9.17) is 4.74 Å². The average Bonchev–Trinajstić information content (AvgIpc) is 2.30. The molecular weight excluding hydrogens is 218 g/mol. The van der Waals surface area contributed by atoms with E-state index in [2.05, 4.69) is 15.6 Å². The predicted molar refractivity (Wildman–Crippen MR) is 66.1 cm³/mol. The summed E-state index contributed by atoms with van der Waals surface area (Å²) < 4.78 is 4.98. The highest BCUT2D eigenvalue weighted by Crippen LogP contribution is 2.26. The van der Waals surface area contributed by atoms with E-state index in [1.54, 1.807) is 13.3 Å². The molecule has 1 amide bonds. The standard InChI is InChI=1S/C12H17N3O2/c1-8-6-10-11(13-7-8)14-9(12(16)15-10)4-3-5-17-2/h6-7,9H,3-5H2,1-2H3,(H,13,14)(H,15,16). The zero-order chi connectivity index (χ0) is 12.3. The number of nitrogens with zero attached hydrogens (tertiary/aromatic N) is 1. The number of hydrogen-bond acceptors (Lipinski definition) is 4. The average molecular weight is 235 g/mol. The second-order valence-corrected chi connectivity index (χ2v) is 4.23. The maximum atomic E-state index is 11.8. The molecule has 2 rings (SSSR count). The summed E-state index contributed by atoms with van der Waals surface area (Å²) in [6.45, 7) is 2.61. The van der Waals surface area contributed by atoms with Gasteiger partial charge in [0.15, 0.2) is 0 Å². The summed E-state index contributed by atoms with van der Waals surface area (Å²) in [4.78, 5) is 16.1. The maximum absolute atomic E-state index is 11.8. The van der Waals surface area contributed by atoms with Gasteiger partial charge in [-0.25, -0.2) is 4.98 Å². The molecule has 5 nitrogen and oxygen atoms in total. The quantitative estimate of drug-likeness (QED) is 0.777. The number of carbonyl (C=O) groups excluding carboxylic acids is 1. The second kappa shape index (κ2) is 5.14. The molecule has 1 atom stereocenters. The Morgan fingerprint density at radius 3 is 3.12 bits per heavy atom. The molecule has 0 saturated heterocycles. The number of nitrogens with one attached hydrogen (secondary N) is 2. The first-order valence-electron chi connectivity index (χ1n) is 5.73. The monoisotopic (exact) mass is 235 g/mol. The van der Waals surface area contributed by atoms with E-state index in [-0.39, 0.29) is 11.9 Å². The highest BCUT2D eigenvalue weighted by atomic mass is 16.5. The summed E-state index contributed by atoms with van der Waals surface area (Å²) in [5.74, 6) is 0.749. The highest BCUT2D eigenvalue weighted by Gasteiger charge is 2.25. The van der Waals surface area contributed by atoms with Crippen molar-refractivity contribution in [3.63, 3.8) is 0 Å². The van der Waals surface area contributed by atoms with Crippen LogP contribution in [-0.4, -0.2) is 30.6 Å². The molecule has 0 spiro atoms. The first-order chi connectivity index (χ1) is 8.20. The van der Waals surface area contributed by atoms with Gasteiger partial charge in [0.1, 0.15) is 11.9 Å². The second-order valence-electron chi connectivity index (χ2n) is 4.23. The summed E-state index contributed by atoms with van der Waals surface area (Å²) in [6.07, 6.45) is 3.38. The van der Waals surface area contributed by atoms with Crippen molar-refractivity contribution in [2.75, 3.05) is 24.4 Å². The van der Waals surface area contributed by atoms with E-state index < -0.39 is 0 Å². The summed E-state index contributed by atoms with van der Waals surface area (Å²) in [6, 6.07) is 1.70. The number of methoxy groups -OCH3 is 1. The van der Waals surface area contributed by atoms with E-state index in [9.17, 15) is 4.79 Å². The molecule has 0 radical (unpaired) electrons. The molecule has 0 fully saturated rings. The molecule has 92 valence electrons. The third-order valence-corrected chi connectivity index (χ3v) is 2.75. The number of amides is 1. The number of anilines is 2. The third-order valence-electron chi connectivity index (χ3n) is 2.75. The van der Waals surface area contributed by atoms with Crippen LogP contribution in [0.15, 0.2) is 12.3 Å². The van der Waals surface area contributed by atoms with Crippen molar-refractivity contribution in [1.82, 2.24) is 4.98 Å². The van der Waals surface area contributed by atoms with E-state index in [1.165, 1.54) is 0 Å². The number of aromatic nitrogens is 1. The Hall–Kier alpha value is -1.62. The molecule has 0 aliphatic carbocycles. The molecule has 1 aliphatic heterocycles. The van der Waals surface area contributed by atoms with Crippen LogP contribution in [0.2, 0.25) is 0 Å². The van der Waals surface area contributed by atoms with Gasteiger partial charge in [-0.05, 0) is 31.4 Å². The van der Waals surface area contributed by atoms with Gasteiger partial charge < -0.3 is 15.4 Å². The Labute approximate surface area is 101 Å². The molecule has 17 heavy (non-hydrogen) atoms. The summed E-state index contributed by atoms with van der Waals surface area (Å²) >= 11 is 0. The molecule has 2 heterocycles. The van der Waals surface area contributed by atoms with Gasteiger partial charge in [-0.2, -0.15) is 0 Å². The van der Waals surface area contributed by atoms with Crippen LogP contribution < -0.4 is 10.6 Å². The van der Waals surface area contributed by atoms with Crippen LogP contribution in [0.3, 0.4) is 0 Å². The van der Waals surface area contributed by atoms with Crippen LogP contribution >= 0.6 is 0 Å². The lowest BCUT2D eigenvalue weighted by atomic mass is 10.1. The zero-order valence-corrected chi connectivity index (χ0v) is 10.1. The lowest BCUT2D eigenvalue weighted by Gasteiger charge is -2.26. The molecule has 5 heteroatoms. The highest BCUT2D eigenvalue weighted by molar-refractivity contribution is 6.02. The number of fused-ring (bicyclic) bond motifs is 1. The van der Waals surface area contributed by atoms with Crippen LogP contribution in [0, 0.1) is 6.92 Å². The molecule has 1 aliphatic rings. The van der Waals surface area contributed by atoms with E-state index in [0.717, 1.165) is 29.9 Å². The van der Waals surface area contributed by atoms with Crippen LogP contribution in [0.1, 0.15) is 18.4 Å². The van der Waals surface area contributed by atoms with Gasteiger partial charge >= 0.3 is 0 Å². The number of carbonyl (C=O) groups is 1. The SMILES string of the molecule is COCCCC1Nc2ncc(C)cc2NC1=O. The van der Waals surface area contributed by atoms with Gasteiger partial charge in [-0.1, -0.05) is 0 Å². The Morgan fingerprint density at radius 1 is 1.53 bits per heavy atom. The van der Waals surface area contributed by atoms with Gasteiger partial charge in [0.25, 0.3) is 0 Å². The number of pyridine rings is 1. The van der Waals surface area contributed by atoms with Crippen molar-refractivity contribution in [3.8, 4) is 0 Å². The first-order valence-corrected chi connectivity index (χ1v) is 5.73. The van der Waals surface area contributed by atoms with Crippen LogP contribution in [0.25, 0.3) is 0 Å². The van der Waals surface area contributed by atoms with E-state index in [1.807, 2.05) is 13.0 Å². The molecule has 0 aromatic carbocycles. The zero-order valence-electron chi connectivity index (χ0n) is 10.1. The largest absolute Gasteiger partial charge is 0.385 e. The minimum Gasteiger partial charge on any atom is -0.385 e. The van der Waals surface area contributed by atoms with Crippen molar-refractivity contribution in [1.29, 1.82) is 0 Å². The van der Waals surface area contributed by atoms with E-state index >= 15 is 0 Å². The fourth-order valence-electron chi connectivity index (χ4n) is 1.86. The van der Waals surface area contributed by atoms with Crippen molar-refractivity contribution in [2.45, 2.75) is 25.8 Å². The van der Waals surface area contributed by atoms with Crippen LogP contribution in [-0.2, 0) is 9.53 Å². The Balaban J connectivity index is 2.05.